The summed E-state index contributed by atoms with van der Waals surface area (Å²) in [6.45, 7) is 9.85. The molecule has 1 aromatic carbocycles. The molecule has 0 spiro atoms. The van der Waals surface area contributed by atoms with Gasteiger partial charge in [0.05, 0.1) is 12.6 Å². The average molecular weight is 519 g/mol. The second kappa shape index (κ2) is 12.1. The molecule has 0 aliphatic carbocycles. The normalized spacial score (nSPS) is 20.2. The summed E-state index contributed by atoms with van der Waals surface area (Å²) in [7, 11) is 0. The second-order valence-electron chi connectivity index (χ2n) is 7.71. The van der Waals surface area contributed by atoms with Crippen molar-refractivity contribution in [2.24, 2.45) is 4.99 Å². The molecule has 2 saturated heterocycles. The van der Waals surface area contributed by atoms with Crippen LogP contribution >= 0.6 is 24.0 Å². The Kier molecular flexibility index (Phi) is 10.1. The fourth-order valence-corrected chi connectivity index (χ4v) is 4.23. The van der Waals surface area contributed by atoms with Crippen LogP contribution in [0.2, 0.25) is 0 Å². The number of hydrogen-bond acceptors (Lipinski definition) is 3. The third-order valence-corrected chi connectivity index (χ3v) is 5.92. The summed E-state index contributed by atoms with van der Waals surface area (Å²) in [6, 6.07) is 6.94. The maximum absolute atomic E-state index is 13.4. The molecule has 1 N–H and O–H groups in total. The fraction of sp³-hybridized carbons (Fsp3) is 0.682. The highest BCUT2D eigenvalue weighted by atomic mass is 127. The van der Waals surface area contributed by atoms with Crippen molar-refractivity contribution in [2.75, 3.05) is 46.0 Å². The molecule has 0 bridgehead atoms. The maximum Gasteiger partial charge on any atom is 0.193 e. The van der Waals surface area contributed by atoms with E-state index >= 15 is 0 Å². The Balaban J connectivity index is 0.00000300. The van der Waals surface area contributed by atoms with Crippen LogP contribution in [0.3, 0.4) is 0 Å². The van der Waals surface area contributed by atoms with Crippen molar-refractivity contribution >= 4 is 29.9 Å². The monoisotopic (exact) mass is 519 g/mol. The summed E-state index contributed by atoms with van der Waals surface area (Å²) < 4.78 is 24.8. The number of halogens is 2. The Morgan fingerprint density at radius 3 is 2.45 bits per heavy atom. The molecule has 2 aliphatic rings. The van der Waals surface area contributed by atoms with E-state index in [1.54, 1.807) is 12.1 Å². The Bertz CT molecular complexity index is 627. The minimum absolute atomic E-state index is 0. The predicted molar refractivity (Wildman–Crippen MR) is 126 cm³/mol. The van der Waals surface area contributed by atoms with Crippen LogP contribution in [-0.4, -0.2) is 63.0 Å². The summed E-state index contributed by atoms with van der Waals surface area (Å²) in [5.41, 5.74) is 1.07. The summed E-state index contributed by atoms with van der Waals surface area (Å²) in [5.74, 6) is 0.783. The molecule has 2 fully saturated rings. The molecule has 0 radical (unpaired) electrons. The lowest BCUT2D eigenvalue weighted by Crippen LogP contribution is -2.48. The second-order valence-corrected chi connectivity index (χ2v) is 7.71. The maximum atomic E-state index is 13.4. The lowest BCUT2D eigenvalue weighted by atomic mass is 9.74. The van der Waals surface area contributed by atoms with Gasteiger partial charge in [-0.15, -0.1) is 24.0 Å². The molecule has 5 nitrogen and oxygen atoms in total. The quantitative estimate of drug-likeness (QED) is 0.351. The van der Waals surface area contributed by atoms with Crippen molar-refractivity contribution in [1.82, 2.24) is 10.2 Å². The van der Waals surface area contributed by atoms with Crippen LogP contribution in [0.5, 0.6) is 0 Å². The third-order valence-electron chi connectivity index (χ3n) is 5.92. The number of piperidine rings is 1. The van der Waals surface area contributed by atoms with Crippen molar-refractivity contribution in [3.63, 3.8) is 0 Å². The van der Waals surface area contributed by atoms with Crippen molar-refractivity contribution in [3.05, 3.63) is 35.6 Å². The van der Waals surface area contributed by atoms with Crippen LogP contribution < -0.4 is 5.32 Å². The van der Waals surface area contributed by atoms with Gasteiger partial charge < -0.3 is 19.7 Å². The van der Waals surface area contributed by atoms with Gasteiger partial charge in [0.2, 0.25) is 0 Å². The van der Waals surface area contributed by atoms with Crippen LogP contribution in [-0.2, 0) is 14.9 Å². The third kappa shape index (κ3) is 6.52. The number of nitrogens with zero attached hydrogens (tertiary/aromatic N) is 2. The van der Waals surface area contributed by atoms with Crippen molar-refractivity contribution in [3.8, 4) is 0 Å². The van der Waals surface area contributed by atoms with Gasteiger partial charge in [-0.25, -0.2) is 4.39 Å². The number of benzene rings is 1. The smallest absolute Gasteiger partial charge is 0.193 e. The SMILES string of the molecule is CCNC(=NCC1(c2ccc(F)cc2)CCOCC1)N1CCC(OCC)CC1.I. The van der Waals surface area contributed by atoms with Gasteiger partial charge in [-0.1, -0.05) is 12.1 Å². The Morgan fingerprint density at radius 2 is 1.86 bits per heavy atom. The molecular weight excluding hydrogens is 484 g/mol. The molecule has 29 heavy (non-hydrogen) atoms. The van der Waals surface area contributed by atoms with Crippen molar-refractivity contribution in [2.45, 2.75) is 51.0 Å². The van der Waals surface area contributed by atoms with Crippen LogP contribution in [0.15, 0.2) is 29.3 Å². The Hall–Kier alpha value is -0.930. The topological polar surface area (TPSA) is 46.1 Å². The van der Waals surface area contributed by atoms with E-state index in [0.717, 1.165) is 76.7 Å². The van der Waals surface area contributed by atoms with Gasteiger partial charge in [0, 0.05) is 44.9 Å². The van der Waals surface area contributed by atoms with E-state index in [0.29, 0.717) is 12.6 Å². The number of aliphatic imine (C=N–C) groups is 1. The summed E-state index contributed by atoms with van der Waals surface area (Å²) in [6.07, 6.45) is 4.26. The zero-order valence-corrected chi connectivity index (χ0v) is 20.0. The molecule has 0 unspecified atom stereocenters. The first-order valence-electron chi connectivity index (χ1n) is 10.7. The molecule has 0 aromatic heterocycles. The van der Waals surface area contributed by atoms with Crippen LogP contribution in [0.1, 0.15) is 45.1 Å². The van der Waals surface area contributed by atoms with Crippen LogP contribution in [0.4, 0.5) is 4.39 Å². The minimum Gasteiger partial charge on any atom is -0.381 e. The van der Waals surface area contributed by atoms with Gasteiger partial charge in [-0.2, -0.15) is 0 Å². The number of guanidine groups is 1. The van der Waals surface area contributed by atoms with Gasteiger partial charge in [0.15, 0.2) is 5.96 Å². The van der Waals surface area contributed by atoms with E-state index in [1.807, 2.05) is 12.1 Å². The molecule has 1 aromatic rings. The van der Waals surface area contributed by atoms with Gasteiger partial charge in [-0.05, 0) is 57.2 Å². The van der Waals surface area contributed by atoms with Gasteiger partial charge in [-0.3, -0.25) is 4.99 Å². The molecule has 0 saturated carbocycles. The fourth-order valence-electron chi connectivity index (χ4n) is 4.23. The lowest BCUT2D eigenvalue weighted by Gasteiger charge is -2.38. The highest BCUT2D eigenvalue weighted by Gasteiger charge is 2.35. The first-order valence-corrected chi connectivity index (χ1v) is 10.7. The molecule has 0 atom stereocenters. The van der Waals surface area contributed by atoms with Gasteiger partial charge in [0.1, 0.15) is 5.82 Å². The zero-order chi connectivity index (χ0) is 19.8. The number of nitrogens with one attached hydrogen (secondary N) is 1. The Morgan fingerprint density at radius 1 is 1.21 bits per heavy atom. The van der Waals surface area contributed by atoms with Crippen molar-refractivity contribution in [1.29, 1.82) is 0 Å². The minimum atomic E-state index is -0.194. The summed E-state index contributed by atoms with van der Waals surface area (Å²) in [5, 5.41) is 3.46. The molecule has 2 aliphatic heterocycles. The van der Waals surface area contributed by atoms with E-state index in [1.165, 1.54) is 0 Å². The Labute approximate surface area is 191 Å². The van der Waals surface area contributed by atoms with E-state index < -0.39 is 0 Å². The molecule has 3 rings (SSSR count). The lowest BCUT2D eigenvalue weighted by molar-refractivity contribution is 0.0262. The molecule has 0 amide bonds. The molecule has 7 heteroatoms. The highest BCUT2D eigenvalue weighted by Crippen LogP contribution is 2.35. The van der Waals surface area contributed by atoms with Crippen LogP contribution in [0.25, 0.3) is 0 Å². The van der Waals surface area contributed by atoms with E-state index in [-0.39, 0.29) is 35.2 Å². The molecular formula is C22H35FIN3O2. The highest BCUT2D eigenvalue weighted by molar-refractivity contribution is 14.0. The number of hydrogen-bond donors (Lipinski definition) is 1. The van der Waals surface area contributed by atoms with E-state index in [4.69, 9.17) is 14.5 Å². The van der Waals surface area contributed by atoms with E-state index in [9.17, 15) is 4.39 Å². The van der Waals surface area contributed by atoms with Crippen LogP contribution in [0, 0.1) is 5.82 Å². The van der Waals surface area contributed by atoms with Gasteiger partial charge in [0.25, 0.3) is 0 Å². The number of likely N-dealkylation sites (tertiary alicyclic amines) is 1. The number of ether oxygens (including phenoxy) is 2. The zero-order valence-electron chi connectivity index (χ0n) is 17.7. The summed E-state index contributed by atoms with van der Waals surface area (Å²) in [4.78, 5) is 7.39. The summed E-state index contributed by atoms with van der Waals surface area (Å²) >= 11 is 0. The first-order chi connectivity index (χ1) is 13.7. The standard InChI is InChI=1S/C22H34FN3O2.HI/c1-3-24-21(26-13-9-20(10-14-26)28-4-2)25-17-22(11-15-27-16-12-22)18-5-7-19(23)8-6-18;/h5-8,20H,3-4,9-17H2,1-2H3,(H,24,25);1H. The van der Waals surface area contributed by atoms with E-state index in [2.05, 4.69) is 24.1 Å². The molecule has 2 heterocycles. The largest absolute Gasteiger partial charge is 0.381 e. The van der Waals surface area contributed by atoms with Crippen molar-refractivity contribution < 1.29 is 13.9 Å². The predicted octanol–water partition coefficient (Wildman–Crippen LogP) is 3.96. The average Bonchev–Trinajstić information content (AvgIpc) is 2.73. The van der Waals surface area contributed by atoms with Gasteiger partial charge >= 0.3 is 0 Å². The molecule has 164 valence electrons. The first kappa shape index (κ1) is 24.3. The number of rotatable bonds is 6.